The van der Waals surface area contributed by atoms with Gasteiger partial charge in [-0.1, -0.05) is 18.2 Å². The molecule has 1 aliphatic carbocycles. The molecule has 2 heterocycles. The number of hydrogen-bond donors (Lipinski definition) is 1. The minimum Gasteiger partial charge on any atom is -0.493 e. The summed E-state index contributed by atoms with van der Waals surface area (Å²) in [4.78, 5) is 2.68. The van der Waals surface area contributed by atoms with Crippen LogP contribution < -0.4 is 10.1 Å². The van der Waals surface area contributed by atoms with Crippen molar-refractivity contribution in [3.8, 4) is 5.75 Å². The summed E-state index contributed by atoms with van der Waals surface area (Å²) in [5.41, 5.74) is 1.40. The lowest BCUT2D eigenvalue weighted by atomic mass is 9.99. The van der Waals surface area contributed by atoms with E-state index in [1.807, 2.05) is 0 Å². The molecular formula is C17H24N2O. The van der Waals surface area contributed by atoms with Crippen molar-refractivity contribution in [1.82, 2.24) is 10.2 Å². The van der Waals surface area contributed by atoms with Crippen molar-refractivity contribution in [2.24, 2.45) is 5.92 Å². The fourth-order valence-electron chi connectivity index (χ4n) is 3.64. The second-order valence-corrected chi connectivity index (χ2v) is 6.52. The van der Waals surface area contributed by atoms with E-state index in [1.54, 1.807) is 0 Å². The second kappa shape index (κ2) is 5.38. The van der Waals surface area contributed by atoms with Gasteiger partial charge in [0.2, 0.25) is 0 Å². The molecule has 2 unspecified atom stereocenters. The van der Waals surface area contributed by atoms with Crippen LogP contribution in [0.5, 0.6) is 5.75 Å². The van der Waals surface area contributed by atoms with E-state index in [0.717, 1.165) is 30.7 Å². The SMILES string of the molecule is c1ccc2c(c1)OCCC2N1CCC(CNC2CC2)C1. The summed E-state index contributed by atoms with van der Waals surface area (Å²) in [6.45, 7) is 4.57. The highest BCUT2D eigenvalue weighted by molar-refractivity contribution is 5.37. The number of nitrogens with zero attached hydrogens (tertiary/aromatic N) is 1. The summed E-state index contributed by atoms with van der Waals surface area (Å²) in [5, 5.41) is 3.69. The van der Waals surface area contributed by atoms with E-state index in [0.29, 0.717) is 6.04 Å². The molecule has 3 heteroatoms. The van der Waals surface area contributed by atoms with Crippen LogP contribution in [0.25, 0.3) is 0 Å². The zero-order valence-corrected chi connectivity index (χ0v) is 12.1. The average molecular weight is 272 g/mol. The highest BCUT2D eigenvalue weighted by atomic mass is 16.5. The van der Waals surface area contributed by atoms with Gasteiger partial charge in [-0.25, -0.2) is 0 Å². The average Bonchev–Trinajstić information content (AvgIpc) is 3.21. The van der Waals surface area contributed by atoms with Crippen molar-refractivity contribution in [2.45, 2.75) is 37.8 Å². The predicted molar refractivity (Wildman–Crippen MR) is 80.0 cm³/mol. The van der Waals surface area contributed by atoms with Gasteiger partial charge in [0.25, 0.3) is 0 Å². The molecule has 1 saturated carbocycles. The third-order valence-electron chi connectivity index (χ3n) is 4.96. The number of rotatable bonds is 4. The lowest BCUT2D eigenvalue weighted by molar-refractivity contribution is 0.161. The smallest absolute Gasteiger partial charge is 0.124 e. The monoisotopic (exact) mass is 272 g/mol. The van der Waals surface area contributed by atoms with Crippen LogP contribution in [-0.4, -0.2) is 37.2 Å². The number of benzene rings is 1. The highest BCUT2D eigenvalue weighted by Crippen LogP contribution is 2.38. The number of likely N-dealkylation sites (tertiary alicyclic amines) is 1. The van der Waals surface area contributed by atoms with E-state index in [4.69, 9.17) is 4.74 Å². The predicted octanol–water partition coefficient (Wildman–Crippen LogP) is 2.58. The Morgan fingerprint density at radius 2 is 2.05 bits per heavy atom. The molecule has 0 aromatic heterocycles. The Bertz CT molecular complexity index is 472. The van der Waals surface area contributed by atoms with Gasteiger partial charge in [0.05, 0.1) is 6.61 Å². The Morgan fingerprint density at radius 3 is 2.95 bits per heavy atom. The van der Waals surface area contributed by atoms with Gasteiger partial charge < -0.3 is 10.1 Å². The maximum Gasteiger partial charge on any atom is 0.124 e. The summed E-state index contributed by atoms with van der Waals surface area (Å²) in [7, 11) is 0. The van der Waals surface area contributed by atoms with Crippen LogP contribution >= 0.6 is 0 Å². The molecule has 1 N–H and O–H groups in total. The van der Waals surface area contributed by atoms with Gasteiger partial charge in [0.1, 0.15) is 5.75 Å². The molecule has 0 spiro atoms. The first-order valence-corrected chi connectivity index (χ1v) is 8.09. The molecule has 4 rings (SSSR count). The molecular weight excluding hydrogens is 248 g/mol. The van der Waals surface area contributed by atoms with Gasteiger partial charge in [-0.15, -0.1) is 0 Å². The van der Waals surface area contributed by atoms with Gasteiger partial charge >= 0.3 is 0 Å². The van der Waals surface area contributed by atoms with Crippen LogP contribution in [0, 0.1) is 5.92 Å². The minimum absolute atomic E-state index is 0.575. The molecule has 1 aromatic rings. The first kappa shape index (κ1) is 12.7. The van der Waals surface area contributed by atoms with Gasteiger partial charge in [0, 0.05) is 30.6 Å². The zero-order chi connectivity index (χ0) is 13.4. The van der Waals surface area contributed by atoms with Gasteiger partial charge in [-0.3, -0.25) is 4.90 Å². The van der Waals surface area contributed by atoms with Crippen LogP contribution in [0.15, 0.2) is 24.3 Å². The van der Waals surface area contributed by atoms with Crippen molar-refractivity contribution >= 4 is 0 Å². The van der Waals surface area contributed by atoms with E-state index in [9.17, 15) is 0 Å². The molecule has 2 aliphatic heterocycles. The lowest BCUT2D eigenvalue weighted by Crippen LogP contribution is -2.32. The van der Waals surface area contributed by atoms with Crippen LogP contribution in [0.3, 0.4) is 0 Å². The van der Waals surface area contributed by atoms with Crippen molar-refractivity contribution in [1.29, 1.82) is 0 Å². The fourth-order valence-corrected chi connectivity index (χ4v) is 3.64. The fraction of sp³-hybridized carbons (Fsp3) is 0.647. The summed E-state index contributed by atoms with van der Waals surface area (Å²) in [5.74, 6) is 1.94. The molecule has 20 heavy (non-hydrogen) atoms. The standard InChI is InChI=1S/C17H24N2O/c1-2-4-17-15(3-1)16(8-10-20-17)19-9-7-13(12-19)11-18-14-5-6-14/h1-4,13-14,16,18H,5-12H2. The van der Waals surface area contributed by atoms with Crippen LogP contribution in [-0.2, 0) is 0 Å². The van der Waals surface area contributed by atoms with Crippen LogP contribution in [0.1, 0.15) is 37.3 Å². The summed E-state index contributed by atoms with van der Waals surface area (Å²) in [6, 6.07) is 9.99. The van der Waals surface area contributed by atoms with Crippen molar-refractivity contribution in [2.75, 3.05) is 26.2 Å². The van der Waals surface area contributed by atoms with Crippen molar-refractivity contribution in [3.63, 3.8) is 0 Å². The van der Waals surface area contributed by atoms with E-state index < -0.39 is 0 Å². The Kier molecular flexibility index (Phi) is 3.41. The highest BCUT2D eigenvalue weighted by Gasteiger charge is 2.33. The summed E-state index contributed by atoms with van der Waals surface area (Å²) < 4.78 is 5.79. The van der Waals surface area contributed by atoms with E-state index in [2.05, 4.69) is 34.5 Å². The quantitative estimate of drug-likeness (QED) is 0.912. The first-order valence-electron chi connectivity index (χ1n) is 8.09. The normalized spacial score (nSPS) is 30.0. The largest absolute Gasteiger partial charge is 0.493 e. The molecule has 2 fully saturated rings. The lowest BCUT2D eigenvalue weighted by Gasteiger charge is -2.33. The number of nitrogens with one attached hydrogen (secondary N) is 1. The number of fused-ring (bicyclic) bond motifs is 1. The van der Waals surface area contributed by atoms with E-state index in [-0.39, 0.29) is 0 Å². The Labute approximate surface area is 121 Å². The van der Waals surface area contributed by atoms with E-state index >= 15 is 0 Å². The molecule has 0 bridgehead atoms. The molecule has 3 aliphatic rings. The Balaban J connectivity index is 1.41. The molecule has 0 amide bonds. The van der Waals surface area contributed by atoms with Gasteiger partial charge in [-0.2, -0.15) is 0 Å². The third-order valence-corrected chi connectivity index (χ3v) is 4.96. The summed E-state index contributed by atoms with van der Waals surface area (Å²) in [6.07, 6.45) is 5.27. The first-order chi connectivity index (χ1) is 9.90. The maximum absolute atomic E-state index is 5.79. The van der Waals surface area contributed by atoms with Gasteiger partial charge in [0.15, 0.2) is 0 Å². The Hall–Kier alpha value is -1.06. The van der Waals surface area contributed by atoms with E-state index in [1.165, 1.54) is 44.5 Å². The summed E-state index contributed by atoms with van der Waals surface area (Å²) >= 11 is 0. The number of para-hydroxylation sites is 1. The minimum atomic E-state index is 0.575. The third kappa shape index (κ3) is 2.57. The number of hydrogen-bond acceptors (Lipinski definition) is 3. The molecule has 1 aromatic carbocycles. The molecule has 1 saturated heterocycles. The van der Waals surface area contributed by atoms with Crippen molar-refractivity contribution < 1.29 is 4.74 Å². The zero-order valence-electron chi connectivity index (χ0n) is 12.1. The van der Waals surface area contributed by atoms with Gasteiger partial charge in [-0.05, 0) is 44.3 Å². The molecule has 108 valence electrons. The Morgan fingerprint density at radius 1 is 1.15 bits per heavy atom. The second-order valence-electron chi connectivity index (χ2n) is 6.52. The van der Waals surface area contributed by atoms with Crippen molar-refractivity contribution in [3.05, 3.63) is 29.8 Å². The maximum atomic E-state index is 5.79. The molecule has 2 atom stereocenters. The molecule has 3 nitrogen and oxygen atoms in total. The van der Waals surface area contributed by atoms with Crippen LogP contribution in [0.2, 0.25) is 0 Å². The number of ether oxygens (including phenoxy) is 1. The molecule has 0 radical (unpaired) electrons. The topological polar surface area (TPSA) is 24.5 Å². The van der Waals surface area contributed by atoms with Crippen LogP contribution in [0.4, 0.5) is 0 Å².